The maximum absolute atomic E-state index is 10.8. The maximum Gasteiger partial charge on any atom is 0.124 e. The summed E-state index contributed by atoms with van der Waals surface area (Å²) in [4.78, 5) is -0.250. The van der Waals surface area contributed by atoms with Gasteiger partial charge in [-0.25, -0.2) is 8.42 Å². The van der Waals surface area contributed by atoms with Crippen molar-refractivity contribution in [3.63, 3.8) is 0 Å². The van der Waals surface area contributed by atoms with Gasteiger partial charge >= 0.3 is 0 Å². The lowest BCUT2D eigenvalue weighted by atomic mass is 9.87. The molecule has 3 nitrogen and oxygen atoms in total. The molecule has 0 saturated heterocycles. The molecular weight excluding hydrogens is 319 g/mol. The number of alkyl halides is 3. The van der Waals surface area contributed by atoms with Crippen LogP contribution in [0.3, 0.4) is 0 Å². The molecule has 18 heavy (non-hydrogen) atoms. The van der Waals surface area contributed by atoms with Crippen LogP contribution >= 0.6 is 34.8 Å². The fourth-order valence-corrected chi connectivity index (χ4v) is 3.07. The second kappa shape index (κ2) is 6.44. The Morgan fingerprint density at radius 1 is 1.00 bits per heavy atom. The van der Waals surface area contributed by atoms with Gasteiger partial charge in [-0.3, -0.25) is 0 Å². The van der Waals surface area contributed by atoms with Gasteiger partial charge < -0.3 is 4.55 Å². The van der Waals surface area contributed by atoms with Crippen molar-refractivity contribution in [2.24, 2.45) is 5.41 Å². The fraction of sp³-hybridized carbons (Fsp3) is 0.455. The Morgan fingerprint density at radius 3 is 1.78 bits per heavy atom. The lowest BCUT2D eigenvalue weighted by Gasteiger charge is -2.27. The molecule has 0 unspecified atom stereocenters. The zero-order valence-electron chi connectivity index (χ0n) is 9.40. The van der Waals surface area contributed by atoms with Crippen LogP contribution in [-0.4, -0.2) is 30.6 Å². The van der Waals surface area contributed by atoms with E-state index in [1.165, 1.54) is 12.1 Å². The van der Waals surface area contributed by atoms with Gasteiger partial charge in [0.05, 0.1) is 4.90 Å². The van der Waals surface area contributed by atoms with E-state index in [-0.39, 0.29) is 4.90 Å². The highest BCUT2D eigenvalue weighted by Gasteiger charge is 2.27. The van der Waals surface area contributed by atoms with Crippen LogP contribution in [-0.2, 0) is 16.5 Å². The molecule has 0 atom stereocenters. The van der Waals surface area contributed by atoms with E-state index in [1.54, 1.807) is 12.1 Å². The topological polar surface area (TPSA) is 57.2 Å². The van der Waals surface area contributed by atoms with Crippen LogP contribution in [0.4, 0.5) is 0 Å². The van der Waals surface area contributed by atoms with Gasteiger partial charge in [-0.2, -0.15) is 0 Å². The number of halogens is 3. The number of benzene rings is 1. The summed E-state index contributed by atoms with van der Waals surface area (Å²) < 4.78 is 32.3. The summed E-state index contributed by atoms with van der Waals surface area (Å²) in [5.74, 6) is 0.921. The Hall–Kier alpha value is -0.000000000000000167. The zero-order valence-corrected chi connectivity index (χ0v) is 12.5. The molecule has 0 spiro atoms. The van der Waals surface area contributed by atoms with E-state index in [0.29, 0.717) is 24.1 Å². The highest BCUT2D eigenvalue weighted by atomic mass is 35.5. The molecule has 1 rings (SSSR count). The molecule has 0 aromatic heterocycles. The van der Waals surface area contributed by atoms with Gasteiger partial charge in [0.25, 0.3) is 0 Å². The van der Waals surface area contributed by atoms with E-state index in [2.05, 4.69) is 0 Å². The van der Waals surface area contributed by atoms with Crippen LogP contribution in [0.1, 0.15) is 5.56 Å². The summed E-state index contributed by atoms with van der Waals surface area (Å²) in [7, 11) is -4.41. The first-order valence-electron chi connectivity index (χ1n) is 5.10. The minimum Gasteiger partial charge on any atom is -0.744 e. The van der Waals surface area contributed by atoms with E-state index >= 15 is 0 Å². The van der Waals surface area contributed by atoms with Crippen molar-refractivity contribution in [2.75, 3.05) is 17.6 Å². The van der Waals surface area contributed by atoms with Crippen molar-refractivity contribution in [1.29, 1.82) is 0 Å². The zero-order chi connectivity index (χ0) is 13.8. The maximum atomic E-state index is 10.8. The molecule has 0 aliphatic rings. The van der Waals surface area contributed by atoms with Gasteiger partial charge in [-0.05, 0) is 24.1 Å². The Morgan fingerprint density at radius 2 is 1.44 bits per heavy atom. The standard InChI is InChI=1S/C11H13Cl3O3S/c12-6-11(7-13,8-14)5-9-1-3-10(4-2-9)18(15,16)17/h1-4H,5-8H2,(H,15,16,17)/p-1. The minimum absolute atomic E-state index is 0.250. The highest BCUT2D eigenvalue weighted by Crippen LogP contribution is 2.28. The Labute approximate surface area is 122 Å². The van der Waals surface area contributed by atoms with Crippen LogP contribution in [0.5, 0.6) is 0 Å². The van der Waals surface area contributed by atoms with Crippen LogP contribution in [0, 0.1) is 5.41 Å². The van der Waals surface area contributed by atoms with Gasteiger partial charge in [-0.15, -0.1) is 34.8 Å². The van der Waals surface area contributed by atoms with E-state index in [0.717, 1.165) is 5.56 Å². The van der Waals surface area contributed by atoms with Crippen LogP contribution < -0.4 is 0 Å². The Kier molecular flexibility index (Phi) is 5.74. The second-order valence-corrected chi connectivity index (χ2v) is 6.36. The van der Waals surface area contributed by atoms with E-state index in [9.17, 15) is 13.0 Å². The molecule has 0 fully saturated rings. The quantitative estimate of drug-likeness (QED) is 0.595. The highest BCUT2D eigenvalue weighted by molar-refractivity contribution is 7.85. The van der Waals surface area contributed by atoms with Crippen LogP contribution in [0.25, 0.3) is 0 Å². The van der Waals surface area contributed by atoms with Crippen molar-refractivity contribution in [3.8, 4) is 0 Å². The molecule has 0 amide bonds. The van der Waals surface area contributed by atoms with Crippen molar-refractivity contribution < 1.29 is 13.0 Å². The first kappa shape index (κ1) is 16.1. The number of rotatable bonds is 6. The van der Waals surface area contributed by atoms with E-state index < -0.39 is 15.5 Å². The fourth-order valence-electron chi connectivity index (χ4n) is 1.46. The average Bonchev–Trinajstić information content (AvgIpc) is 2.36. The van der Waals surface area contributed by atoms with Gasteiger partial charge in [0.2, 0.25) is 0 Å². The van der Waals surface area contributed by atoms with Crippen molar-refractivity contribution in [3.05, 3.63) is 29.8 Å². The molecule has 0 bridgehead atoms. The molecular formula is C11H12Cl3O3S-. The molecule has 0 heterocycles. The Balaban J connectivity index is 2.93. The van der Waals surface area contributed by atoms with Gasteiger partial charge in [-0.1, -0.05) is 12.1 Å². The summed E-state index contributed by atoms with van der Waals surface area (Å²) >= 11 is 17.6. The predicted molar refractivity (Wildman–Crippen MR) is 72.7 cm³/mol. The molecule has 1 aromatic rings. The van der Waals surface area contributed by atoms with Gasteiger partial charge in [0.1, 0.15) is 10.1 Å². The van der Waals surface area contributed by atoms with Crippen molar-refractivity contribution in [1.82, 2.24) is 0 Å². The van der Waals surface area contributed by atoms with Crippen LogP contribution in [0.15, 0.2) is 29.2 Å². The van der Waals surface area contributed by atoms with Crippen molar-refractivity contribution >= 4 is 44.9 Å². The molecule has 0 aliphatic heterocycles. The average molecular weight is 331 g/mol. The largest absolute Gasteiger partial charge is 0.744 e. The monoisotopic (exact) mass is 329 g/mol. The second-order valence-electron chi connectivity index (χ2n) is 4.18. The molecule has 7 heteroatoms. The number of hydrogen-bond donors (Lipinski definition) is 0. The third kappa shape index (κ3) is 4.00. The summed E-state index contributed by atoms with van der Waals surface area (Å²) in [6, 6.07) is 5.70. The predicted octanol–water partition coefficient (Wildman–Crippen LogP) is 2.84. The number of hydrogen-bond acceptors (Lipinski definition) is 3. The molecule has 0 aliphatic carbocycles. The summed E-state index contributed by atoms with van der Waals surface area (Å²) in [5, 5.41) is 0. The van der Waals surface area contributed by atoms with Crippen LogP contribution in [0.2, 0.25) is 0 Å². The molecule has 0 radical (unpaired) electrons. The first-order chi connectivity index (χ1) is 8.37. The summed E-state index contributed by atoms with van der Waals surface area (Å²) in [5.41, 5.74) is 0.409. The SMILES string of the molecule is O=S(=O)([O-])c1ccc(CC(CCl)(CCl)CCl)cc1. The Bertz CT molecular complexity index is 472. The van der Waals surface area contributed by atoms with Crippen molar-refractivity contribution in [2.45, 2.75) is 11.3 Å². The lowest BCUT2D eigenvalue weighted by Crippen LogP contribution is -2.30. The molecule has 102 valence electrons. The molecule has 0 N–H and O–H groups in total. The molecule has 0 saturated carbocycles. The first-order valence-corrected chi connectivity index (χ1v) is 8.11. The summed E-state index contributed by atoms with van der Waals surface area (Å²) in [6.07, 6.45) is 0.530. The van der Waals surface area contributed by atoms with Gasteiger partial charge in [0.15, 0.2) is 0 Å². The van der Waals surface area contributed by atoms with Gasteiger partial charge in [0, 0.05) is 23.1 Å². The van der Waals surface area contributed by atoms with E-state index in [1.807, 2.05) is 0 Å². The van der Waals surface area contributed by atoms with E-state index in [4.69, 9.17) is 34.8 Å². The third-order valence-corrected chi connectivity index (χ3v) is 5.19. The lowest BCUT2D eigenvalue weighted by molar-refractivity contribution is 0.432. The molecule has 1 aromatic carbocycles. The smallest absolute Gasteiger partial charge is 0.124 e. The normalized spacial score (nSPS) is 12.7. The summed E-state index contributed by atoms with van der Waals surface area (Å²) in [6.45, 7) is 0. The third-order valence-electron chi connectivity index (χ3n) is 2.64. The minimum atomic E-state index is -4.41.